The number of carbonyl (C=O) groups excluding carboxylic acids is 1. The van der Waals surface area contributed by atoms with Gasteiger partial charge in [0.1, 0.15) is 0 Å². The van der Waals surface area contributed by atoms with Crippen molar-refractivity contribution in [1.82, 2.24) is 10.2 Å². The highest BCUT2D eigenvalue weighted by molar-refractivity contribution is 6.33. The van der Waals surface area contributed by atoms with Crippen molar-refractivity contribution in [2.75, 3.05) is 25.0 Å². The van der Waals surface area contributed by atoms with Gasteiger partial charge in [0, 0.05) is 19.1 Å². The van der Waals surface area contributed by atoms with E-state index in [0.29, 0.717) is 23.3 Å². The zero-order valence-corrected chi connectivity index (χ0v) is 12.5. The van der Waals surface area contributed by atoms with Crippen LogP contribution in [0.5, 0.6) is 0 Å². The number of halogens is 1. The van der Waals surface area contributed by atoms with Gasteiger partial charge in [0.25, 0.3) is 0 Å². The first-order valence-corrected chi connectivity index (χ1v) is 6.95. The number of benzene rings is 1. The summed E-state index contributed by atoms with van der Waals surface area (Å²) in [6.45, 7) is 8.84. The Morgan fingerprint density at radius 2 is 2.05 bits per heavy atom. The Hall–Kier alpha value is -1.26. The number of para-hydroxylation sites is 1. The average Bonchev–Trinajstić information content (AvgIpc) is 2.37. The lowest BCUT2D eigenvalue weighted by Gasteiger charge is -2.24. The summed E-state index contributed by atoms with van der Waals surface area (Å²) in [4.78, 5) is 14.0. The molecule has 5 heteroatoms. The van der Waals surface area contributed by atoms with E-state index in [4.69, 9.17) is 11.6 Å². The van der Waals surface area contributed by atoms with E-state index >= 15 is 0 Å². The highest BCUT2D eigenvalue weighted by atomic mass is 35.5. The van der Waals surface area contributed by atoms with Gasteiger partial charge in [0.05, 0.1) is 10.7 Å². The molecule has 0 aromatic heterocycles. The molecule has 1 rings (SSSR count). The van der Waals surface area contributed by atoms with E-state index in [2.05, 4.69) is 36.3 Å². The lowest BCUT2D eigenvalue weighted by Crippen LogP contribution is -2.39. The van der Waals surface area contributed by atoms with Crippen molar-refractivity contribution in [1.29, 1.82) is 0 Å². The van der Waals surface area contributed by atoms with Crippen molar-refractivity contribution in [3.8, 4) is 0 Å². The van der Waals surface area contributed by atoms with Crippen molar-refractivity contribution in [2.24, 2.45) is 0 Å². The van der Waals surface area contributed by atoms with E-state index < -0.39 is 0 Å². The van der Waals surface area contributed by atoms with E-state index in [1.807, 2.05) is 12.1 Å². The summed E-state index contributed by atoms with van der Waals surface area (Å²) in [5.41, 5.74) is 0.623. The molecule has 4 nitrogen and oxygen atoms in total. The first-order valence-electron chi connectivity index (χ1n) is 6.58. The maximum absolute atomic E-state index is 11.7. The summed E-state index contributed by atoms with van der Waals surface area (Å²) in [5, 5.41) is 6.10. The first kappa shape index (κ1) is 15.8. The van der Waals surface area contributed by atoms with Crippen LogP contribution in [0.25, 0.3) is 0 Å². The fourth-order valence-corrected chi connectivity index (χ4v) is 2.01. The highest BCUT2D eigenvalue weighted by Crippen LogP contribution is 2.19. The molecule has 0 fully saturated rings. The number of rotatable bonds is 6. The zero-order chi connectivity index (χ0) is 14.3. The second kappa shape index (κ2) is 8.02. The van der Waals surface area contributed by atoms with Gasteiger partial charge < -0.3 is 10.6 Å². The minimum absolute atomic E-state index is 0.229. The Labute approximate surface area is 120 Å². The fraction of sp³-hybridized carbons (Fsp3) is 0.500. The minimum Gasteiger partial charge on any atom is -0.337 e. The van der Waals surface area contributed by atoms with Crippen LogP contribution in [0.3, 0.4) is 0 Å². The van der Waals surface area contributed by atoms with Crippen molar-refractivity contribution < 1.29 is 4.79 Å². The molecular weight excluding hydrogens is 262 g/mol. The number of nitrogens with one attached hydrogen (secondary N) is 2. The van der Waals surface area contributed by atoms with Gasteiger partial charge in [-0.3, -0.25) is 4.90 Å². The van der Waals surface area contributed by atoms with Gasteiger partial charge in [0.15, 0.2) is 0 Å². The number of carbonyl (C=O) groups is 1. The number of hydrogen-bond acceptors (Lipinski definition) is 2. The number of hydrogen-bond donors (Lipinski definition) is 2. The van der Waals surface area contributed by atoms with Gasteiger partial charge in [-0.05, 0) is 32.5 Å². The maximum Gasteiger partial charge on any atom is 0.319 e. The SMILES string of the molecule is CCN(CCNC(=O)Nc1ccccc1Cl)C(C)C. The van der Waals surface area contributed by atoms with Crippen LogP contribution >= 0.6 is 11.6 Å². The molecule has 106 valence electrons. The summed E-state index contributed by atoms with van der Waals surface area (Å²) in [7, 11) is 0. The number of anilines is 1. The summed E-state index contributed by atoms with van der Waals surface area (Å²) >= 11 is 5.97. The maximum atomic E-state index is 11.7. The second-order valence-corrected chi connectivity index (χ2v) is 4.99. The zero-order valence-electron chi connectivity index (χ0n) is 11.7. The lowest BCUT2D eigenvalue weighted by molar-refractivity contribution is 0.227. The molecule has 2 amide bonds. The average molecular weight is 284 g/mol. The standard InChI is InChI=1S/C14H22ClN3O/c1-4-18(11(2)3)10-9-16-14(19)17-13-8-6-5-7-12(13)15/h5-8,11H,4,9-10H2,1-3H3,(H2,16,17,19). The molecule has 0 radical (unpaired) electrons. The number of amides is 2. The smallest absolute Gasteiger partial charge is 0.319 e. The molecular formula is C14H22ClN3O. The van der Waals surface area contributed by atoms with Gasteiger partial charge in [-0.1, -0.05) is 30.7 Å². The van der Waals surface area contributed by atoms with Gasteiger partial charge in [0.2, 0.25) is 0 Å². The summed E-state index contributed by atoms with van der Waals surface area (Å²) in [6.07, 6.45) is 0. The van der Waals surface area contributed by atoms with E-state index in [9.17, 15) is 4.79 Å². The van der Waals surface area contributed by atoms with Crippen LogP contribution in [0.4, 0.5) is 10.5 Å². The number of urea groups is 1. The van der Waals surface area contributed by atoms with Gasteiger partial charge >= 0.3 is 6.03 Å². The lowest BCUT2D eigenvalue weighted by atomic mass is 10.3. The summed E-state index contributed by atoms with van der Waals surface area (Å²) in [5.74, 6) is 0. The third-order valence-electron chi connectivity index (χ3n) is 2.94. The molecule has 0 aliphatic carbocycles. The predicted octanol–water partition coefficient (Wildman–Crippen LogP) is 3.19. The van der Waals surface area contributed by atoms with Crippen LogP contribution in [-0.4, -0.2) is 36.6 Å². The summed E-state index contributed by atoms with van der Waals surface area (Å²) < 4.78 is 0. The predicted molar refractivity (Wildman–Crippen MR) is 80.9 cm³/mol. The van der Waals surface area contributed by atoms with Crippen molar-refractivity contribution in [3.63, 3.8) is 0 Å². The van der Waals surface area contributed by atoms with Crippen LogP contribution in [0, 0.1) is 0 Å². The molecule has 1 aromatic carbocycles. The molecule has 0 aliphatic heterocycles. The van der Waals surface area contributed by atoms with Gasteiger partial charge in [-0.25, -0.2) is 4.79 Å². The quantitative estimate of drug-likeness (QED) is 0.842. The monoisotopic (exact) mass is 283 g/mol. The molecule has 0 bridgehead atoms. The molecule has 0 heterocycles. The highest BCUT2D eigenvalue weighted by Gasteiger charge is 2.08. The molecule has 2 N–H and O–H groups in total. The fourth-order valence-electron chi connectivity index (χ4n) is 1.82. The van der Waals surface area contributed by atoms with E-state index in [1.165, 1.54) is 0 Å². The Kier molecular flexibility index (Phi) is 6.67. The summed E-state index contributed by atoms with van der Waals surface area (Å²) in [6, 6.07) is 7.43. The molecule has 0 atom stereocenters. The number of likely N-dealkylation sites (N-methyl/N-ethyl adjacent to an activating group) is 1. The Bertz CT molecular complexity index is 409. The third-order valence-corrected chi connectivity index (χ3v) is 3.27. The van der Waals surface area contributed by atoms with Crippen molar-refractivity contribution in [3.05, 3.63) is 29.3 Å². The molecule has 0 saturated heterocycles. The van der Waals surface area contributed by atoms with Crippen molar-refractivity contribution in [2.45, 2.75) is 26.8 Å². The topological polar surface area (TPSA) is 44.4 Å². The van der Waals surface area contributed by atoms with Gasteiger partial charge in [-0.2, -0.15) is 0 Å². The van der Waals surface area contributed by atoms with Crippen LogP contribution in [0.1, 0.15) is 20.8 Å². The molecule has 0 aliphatic rings. The Morgan fingerprint density at radius 3 is 2.63 bits per heavy atom. The second-order valence-electron chi connectivity index (χ2n) is 4.58. The molecule has 0 unspecified atom stereocenters. The van der Waals surface area contributed by atoms with Crippen molar-refractivity contribution >= 4 is 23.3 Å². The van der Waals surface area contributed by atoms with Crippen LogP contribution in [-0.2, 0) is 0 Å². The van der Waals surface area contributed by atoms with Gasteiger partial charge in [-0.15, -0.1) is 0 Å². The van der Waals surface area contributed by atoms with E-state index in [-0.39, 0.29) is 6.03 Å². The normalized spacial score (nSPS) is 10.8. The molecule has 0 spiro atoms. The molecule has 0 saturated carbocycles. The first-order chi connectivity index (χ1) is 9.04. The van der Waals surface area contributed by atoms with Crippen LogP contribution < -0.4 is 10.6 Å². The van der Waals surface area contributed by atoms with E-state index in [0.717, 1.165) is 13.1 Å². The Balaban J connectivity index is 2.34. The molecule has 19 heavy (non-hydrogen) atoms. The molecule has 1 aromatic rings. The minimum atomic E-state index is -0.229. The van der Waals surface area contributed by atoms with E-state index in [1.54, 1.807) is 12.1 Å². The van der Waals surface area contributed by atoms with Crippen LogP contribution in [0.2, 0.25) is 5.02 Å². The number of nitrogens with zero attached hydrogens (tertiary/aromatic N) is 1. The Morgan fingerprint density at radius 1 is 1.37 bits per heavy atom. The largest absolute Gasteiger partial charge is 0.337 e. The van der Waals surface area contributed by atoms with Crippen LogP contribution in [0.15, 0.2) is 24.3 Å². The third kappa shape index (κ3) is 5.49.